The molecule has 1 aliphatic rings. The van der Waals surface area contributed by atoms with Crippen molar-refractivity contribution in [1.29, 1.82) is 0 Å². The number of ether oxygens (including phenoxy) is 1. The molecule has 1 aliphatic heterocycles. The maximum atomic E-state index is 13.0. The van der Waals surface area contributed by atoms with Gasteiger partial charge < -0.3 is 14.2 Å². The van der Waals surface area contributed by atoms with Gasteiger partial charge in [0.05, 0.1) is 7.11 Å². The van der Waals surface area contributed by atoms with Crippen LogP contribution in [0.4, 0.5) is 0 Å². The van der Waals surface area contributed by atoms with Gasteiger partial charge in [-0.25, -0.2) is 0 Å². The van der Waals surface area contributed by atoms with E-state index in [1.54, 1.807) is 17.9 Å². The summed E-state index contributed by atoms with van der Waals surface area (Å²) in [7, 11) is 3.31. The van der Waals surface area contributed by atoms with Gasteiger partial charge in [0.15, 0.2) is 0 Å². The van der Waals surface area contributed by atoms with E-state index >= 15 is 0 Å². The molecule has 29 heavy (non-hydrogen) atoms. The molecule has 3 heterocycles. The lowest BCUT2D eigenvalue weighted by molar-refractivity contribution is 0.0664. The molecule has 0 aliphatic carbocycles. The number of rotatable bonds is 5. The van der Waals surface area contributed by atoms with Crippen molar-refractivity contribution >= 4 is 5.91 Å². The van der Waals surface area contributed by atoms with E-state index in [-0.39, 0.29) is 11.8 Å². The van der Waals surface area contributed by atoms with E-state index in [2.05, 4.69) is 15.2 Å². The number of carbonyl (C=O) groups is 1. The van der Waals surface area contributed by atoms with E-state index in [1.165, 1.54) is 7.11 Å². The molecular weight excluding hydrogens is 370 g/mol. The Morgan fingerprint density at radius 2 is 2.17 bits per heavy atom. The van der Waals surface area contributed by atoms with Crippen molar-refractivity contribution in [2.75, 3.05) is 20.2 Å². The Morgan fingerprint density at radius 3 is 2.97 bits per heavy atom. The van der Waals surface area contributed by atoms with Crippen LogP contribution in [0.2, 0.25) is 0 Å². The number of amides is 1. The molecule has 0 saturated carbocycles. The standard InChI is InChI=1S/C21H25N5O3/c1-14-7-4-5-9-16(14)19-22-18(29-24-19)11-15-8-6-10-26(12-15)21(27)17-13-25(2)23-20(17)28-3/h4-5,7,9,13,15H,6,8,10-12H2,1-3H3/t15-/m0/s1. The molecular formula is C21H25N5O3. The zero-order chi connectivity index (χ0) is 20.4. The monoisotopic (exact) mass is 395 g/mol. The van der Waals surface area contributed by atoms with Crippen molar-refractivity contribution in [3.63, 3.8) is 0 Å². The van der Waals surface area contributed by atoms with Crippen molar-refractivity contribution < 1.29 is 14.1 Å². The van der Waals surface area contributed by atoms with Crippen molar-refractivity contribution in [3.05, 3.63) is 47.5 Å². The first-order chi connectivity index (χ1) is 14.0. The summed E-state index contributed by atoms with van der Waals surface area (Å²) in [6.07, 6.45) is 4.33. The fourth-order valence-electron chi connectivity index (χ4n) is 3.87. The van der Waals surface area contributed by atoms with Crippen LogP contribution in [0.15, 0.2) is 35.0 Å². The van der Waals surface area contributed by atoms with Gasteiger partial charge in [0.1, 0.15) is 5.56 Å². The number of benzene rings is 1. The molecule has 8 nitrogen and oxygen atoms in total. The van der Waals surface area contributed by atoms with Crippen LogP contribution in [0.25, 0.3) is 11.4 Å². The third kappa shape index (κ3) is 4.01. The molecule has 0 N–H and O–H groups in total. The Balaban J connectivity index is 1.44. The maximum absolute atomic E-state index is 13.0. The Bertz CT molecular complexity index is 1010. The summed E-state index contributed by atoms with van der Waals surface area (Å²) >= 11 is 0. The molecule has 0 bridgehead atoms. The SMILES string of the molecule is COc1nn(C)cc1C(=O)N1CCC[C@@H](Cc2nc(-c3ccccc3C)no2)C1. The summed E-state index contributed by atoms with van der Waals surface area (Å²) in [4.78, 5) is 19.4. The van der Waals surface area contributed by atoms with Crippen LogP contribution in [0.1, 0.15) is 34.7 Å². The normalized spacial score (nSPS) is 16.8. The van der Waals surface area contributed by atoms with E-state index in [1.807, 2.05) is 36.1 Å². The van der Waals surface area contributed by atoms with E-state index in [0.717, 1.165) is 30.5 Å². The van der Waals surface area contributed by atoms with Gasteiger partial charge in [0, 0.05) is 38.3 Å². The lowest BCUT2D eigenvalue weighted by Crippen LogP contribution is -2.40. The molecule has 0 unspecified atom stereocenters. The van der Waals surface area contributed by atoms with Crippen molar-refractivity contribution in [2.24, 2.45) is 13.0 Å². The van der Waals surface area contributed by atoms with Gasteiger partial charge >= 0.3 is 0 Å². The maximum Gasteiger partial charge on any atom is 0.260 e. The summed E-state index contributed by atoms with van der Waals surface area (Å²) in [5.74, 6) is 1.81. The Labute approximate surface area is 169 Å². The first kappa shape index (κ1) is 19.2. The third-order valence-electron chi connectivity index (χ3n) is 5.34. The van der Waals surface area contributed by atoms with Crippen LogP contribution in [-0.4, -0.2) is 50.9 Å². The van der Waals surface area contributed by atoms with Crippen LogP contribution in [-0.2, 0) is 13.5 Å². The summed E-state index contributed by atoms with van der Waals surface area (Å²) in [5.41, 5.74) is 2.58. The average molecular weight is 395 g/mol. The second-order valence-corrected chi connectivity index (χ2v) is 7.52. The number of hydrogen-bond donors (Lipinski definition) is 0. The quantitative estimate of drug-likeness (QED) is 0.660. The topological polar surface area (TPSA) is 86.3 Å². The van der Waals surface area contributed by atoms with Crippen molar-refractivity contribution in [1.82, 2.24) is 24.8 Å². The molecule has 4 rings (SSSR count). The molecule has 8 heteroatoms. The van der Waals surface area contributed by atoms with Crippen LogP contribution in [0.3, 0.4) is 0 Å². The molecule has 1 aromatic carbocycles. The van der Waals surface area contributed by atoms with Crippen molar-refractivity contribution in [3.8, 4) is 17.3 Å². The zero-order valence-electron chi connectivity index (χ0n) is 17.0. The second kappa shape index (κ2) is 8.06. The Kier molecular flexibility index (Phi) is 5.33. The van der Waals surface area contributed by atoms with Gasteiger partial charge in [-0.15, -0.1) is 5.10 Å². The molecule has 1 saturated heterocycles. The average Bonchev–Trinajstić information content (AvgIpc) is 3.34. The molecule has 2 aromatic heterocycles. The minimum Gasteiger partial charge on any atom is -0.479 e. The number of nitrogens with zero attached hydrogens (tertiary/aromatic N) is 5. The number of aromatic nitrogens is 4. The third-order valence-corrected chi connectivity index (χ3v) is 5.34. The number of hydrogen-bond acceptors (Lipinski definition) is 6. The molecule has 3 aromatic rings. The predicted molar refractivity (Wildman–Crippen MR) is 107 cm³/mol. The zero-order valence-corrected chi connectivity index (χ0v) is 17.0. The highest BCUT2D eigenvalue weighted by Gasteiger charge is 2.29. The number of methoxy groups -OCH3 is 1. The number of carbonyl (C=O) groups excluding carboxylic acids is 1. The first-order valence-corrected chi connectivity index (χ1v) is 9.80. The molecule has 1 fully saturated rings. The summed E-state index contributed by atoms with van der Waals surface area (Å²) in [6.45, 7) is 3.41. The van der Waals surface area contributed by atoms with Crippen LogP contribution < -0.4 is 4.74 Å². The summed E-state index contributed by atoms with van der Waals surface area (Å²) < 4.78 is 12.3. The van der Waals surface area contributed by atoms with Crippen LogP contribution in [0, 0.1) is 12.8 Å². The molecule has 152 valence electrons. The summed E-state index contributed by atoms with van der Waals surface area (Å²) in [5, 5.41) is 8.33. The number of aryl methyl sites for hydroxylation is 2. The van der Waals surface area contributed by atoms with Gasteiger partial charge in [-0.2, -0.15) is 4.98 Å². The Morgan fingerprint density at radius 1 is 1.34 bits per heavy atom. The van der Waals surface area contributed by atoms with E-state index in [4.69, 9.17) is 9.26 Å². The predicted octanol–water partition coefficient (Wildman–Crippen LogP) is 2.88. The van der Waals surface area contributed by atoms with Gasteiger partial charge in [0.2, 0.25) is 17.6 Å². The first-order valence-electron chi connectivity index (χ1n) is 9.80. The summed E-state index contributed by atoms with van der Waals surface area (Å²) in [6, 6.07) is 7.98. The Hall–Kier alpha value is -3.16. The van der Waals surface area contributed by atoms with Crippen molar-refractivity contribution in [2.45, 2.75) is 26.2 Å². The highest BCUT2D eigenvalue weighted by Crippen LogP contribution is 2.26. The number of likely N-dealkylation sites (tertiary alicyclic amines) is 1. The minimum absolute atomic E-state index is 0.0502. The smallest absolute Gasteiger partial charge is 0.260 e. The molecule has 1 atom stereocenters. The lowest BCUT2D eigenvalue weighted by Gasteiger charge is -2.32. The fraction of sp³-hybridized carbons (Fsp3) is 0.429. The second-order valence-electron chi connectivity index (χ2n) is 7.52. The van der Waals surface area contributed by atoms with E-state index in [9.17, 15) is 4.79 Å². The molecule has 1 amide bonds. The van der Waals surface area contributed by atoms with Crippen LogP contribution >= 0.6 is 0 Å². The highest BCUT2D eigenvalue weighted by molar-refractivity contribution is 5.96. The van der Waals surface area contributed by atoms with Crippen LogP contribution in [0.5, 0.6) is 5.88 Å². The lowest BCUT2D eigenvalue weighted by atomic mass is 9.94. The largest absolute Gasteiger partial charge is 0.479 e. The van der Waals surface area contributed by atoms with Gasteiger partial charge in [-0.1, -0.05) is 29.4 Å². The fourth-order valence-corrected chi connectivity index (χ4v) is 3.87. The van der Waals surface area contributed by atoms with E-state index in [0.29, 0.717) is 36.1 Å². The molecule has 0 radical (unpaired) electrons. The van der Waals surface area contributed by atoms with E-state index < -0.39 is 0 Å². The van der Waals surface area contributed by atoms with Gasteiger partial charge in [-0.3, -0.25) is 9.48 Å². The van der Waals surface area contributed by atoms with Gasteiger partial charge in [-0.05, 0) is 31.2 Å². The molecule has 0 spiro atoms. The number of piperidine rings is 1. The van der Waals surface area contributed by atoms with Gasteiger partial charge in [0.25, 0.3) is 5.91 Å². The highest BCUT2D eigenvalue weighted by atomic mass is 16.5. The minimum atomic E-state index is -0.0502.